The molecular formula is C25H16Cl7NO. The average molecular weight is 595 g/mol. The maximum atomic E-state index is 6.47. The standard InChI is InChI=1S/C25H16Cl7NO/c26-22-21(18-12-19(24(27,28)29)14-20(13-18)25(30,31)32)34-23(33-22)17-10-8-16(9-11-17)7-6-15-4-2-1-3-5-15/h1-14,23,33H. The minimum atomic E-state index is -1.73. The Bertz CT molecular complexity index is 1190. The maximum Gasteiger partial charge on any atom is 0.216 e. The maximum absolute atomic E-state index is 6.47. The summed E-state index contributed by atoms with van der Waals surface area (Å²) in [6.07, 6.45) is 3.58. The minimum absolute atomic E-state index is 0.287. The summed E-state index contributed by atoms with van der Waals surface area (Å²) in [7, 11) is 0. The molecule has 1 aliphatic rings. The van der Waals surface area contributed by atoms with Crippen LogP contribution in [0.15, 0.2) is 78.0 Å². The van der Waals surface area contributed by atoms with Gasteiger partial charge in [-0.2, -0.15) is 0 Å². The second-order valence-electron chi connectivity index (χ2n) is 7.49. The van der Waals surface area contributed by atoms with Crippen molar-refractivity contribution in [3.05, 3.63) is 111 Å². The lowest BCUT2D eigenvalue weighted by atomic mass is 10.1. The third kappa shape index (κ3) is 6.30. The van der Waals surface area contributed by atoms with Crippen molar-refractivity contribution in [1.29, 1.82) is 0 Å². The predicted molar refractivity (Wildman–Crippen MR) is 146 cm³/mol. The predicted octanol–water partition coefficient (Wildman–Crippen LogP) is 9.69. The summed E-state index contributed by atoms with van der Waals surface area (Å²) in [6.45, 7) is 0. The highest BCUT2D eigenvalue weighted by molar-refractivity contribution is 6.67. The largest absolute Gasteiger partial charge is 0.463 e. The number of nitrogens with one attached hydrogen (secondary N) is 1. The second-order valence-corrected chi connectivity index (χ2v) is 12.4. The van der Waals surface area contributed by atoms with E-state index >= 15 is 0 Å². The van der Waals surface area contributed by atoms with Crippen molar-refractivity contribution < 1.29 is 4.74 Å². The molecule has 1 unspecified atom stereocenters. The van der Waals surface area contributed by atoms with Crippen molar-refractivity contribution in [3.63, 3.8) is 0 Å². The van der Waals surface area contributed by atoms with Crippen LogP contribution in [0.25, 0.3) is 17.9 Å². The average Bonchev–Trinajstić information content (AvgIpc) is 3.19. The van der Waals surface area contributed by atoms with E-state index < -0.39 is 13.8 Å². The molecule has 34 heavy (non-hydrogen) atoms. The molecule has 2 nitrogen and oxygen atoms in total. The molecule has 0 saturated heterocycles. The Morgan fingerprint density at radius 1 is 0.706 bits per heavy atom. The first kappa shape index (κ1) is 25.9. The van der Waals surface area contributed by atoms with E-state index in [9.17, 15) is 0 Å². The Kier molecular flexibility index (Phi) is 7.91. The zero-order valence-corrected chi connectivity index (χ0v) is 22.5. The van der Waals surface area contributed by atoms with Gasteiger partial charge in [-0.25, -0.2) is 0 Å². The molecule has 3 aromatic carbocycles. The molecule has 4 rings (SSSR count). The highest BCUT2D eigenvalue weighted by Gasteiger charge is 2.32. The van der Waals surface area contributed by atoms with Crippen molar-refractivity contribution in [2.75, 3.05) is 0 Å². The first-order chi connectivity index (χ1) is 16.0. The molecule has 9 heteroatoms. The number of benzene rings is 3. The summed E-state index contributed by atoms with van der Waals surface area (Å²) >= 11 is 43.0. The summed E-state index contributed by atoms with van der Waals surface area (Å²) in [6, 6.07) is 22.8. The monoisotopic (exact) mass is 591 g/mol. The van der Waals surface area contributed by atoms with Crippen molar-refractivity contribution in [1.82, 2.24) is 5.32 Å². The lowest BCUT2D eigenvalue weighted by Crippen LogP contribution is -2.13. The summed E-state index contributed by atoms with van der Waals surface area (Å²) in [4.78, 5) is 0. The number of ether oxygens (including phenoxy) is 1. The molecule has 0 aromatic heterocycles. The number of halogens is 7. The van der Waals surface area contributed by atoms with Crippen LogP contribution in [0.4, 0.5) is 0 Å². The highest BCUT2D eigenvalue weighted by atomic mass is 35.6. The van der Waals surface area contributed by atoms with Gasteiger partial charge >= 0.3 is 0 Å². The first-order valence-electron chi connectivity index (χ1n) is 9.96. The molecule has 1 atom stereocenters. The molecule has 0 saturated carbocycles. The molecule has 0 radical (unpaired) electrons. The van der Waals surface area contributed by atoms with Crippen LogP contribution in [0.2, 0.25) is 0 Å². The molecule has 3 aromatic rings. The summed E-state index contributed by atoms with van der Waals surface area (Å²) in [5.41, 5.74) is 4.19. The third-order valence-corrected chi connectivity index (χ3v) is 6.64. The molecule has 0 fully saturated rings. The van der Waals surface area contributed by atoms with Gasteiger partial charge in [-0.1, -0.05) is 148 Å². The molecule has 0 amide bonds. The van der Waals surface area contributed by atoms with Crippen molar-refractivity contribution in [2.24, 2.45) is 0 Å². The molecule has 0 bridgehead atoms. The Balaban J connectivity index is 1.55. The van der Waals surface area contributed by atoms with Crippen LogP contribution in [-0.2, 0) is 12.3 Å². The van der Waals surface area contributed by atoms with Crippen LogP contribution < -0.4 is 5.32 Å². The Hall–Kier alpha value is -1.23. The van der Waals surface area contributed by atoms with E-state index in [1.54, 1.807) is 12.1 Å². The van der Waals surface area contributed by atoms with Gasteiger partial charge in [-0.05, 0) is 29.3 Å². The number of rotatable bonds is 4. The number of hydrogen-bond donors (Lipinski definition) is 1. The minimum Gasteiger partial charge on any atom is -0.463 e. The first-order valence-corrected chi connectivity index (χ1v) is 12.6. The van der Waals surface area contributed by atoms with E-state index in [1.807, 2.05) is 60.7 Å². The van der Waals surface area contributed by atoms with Crippen LogP contribution in [0.1, 0.15) is 39.6 Å². The second kappa shape index (κ2) is 10.4. The Morgan fingerprint density at radius 2 is 1.24 bits per heavy atom. The molecule has 0 spiro atoms. The van der Waals surface area contributed by atoms with E-state index in [0.717, 1.165) is 16.7 Å². The van der Waals surface area contributed by atoms with Gasteiger partial charge in [0.25, 0.3) is 0 Å². The normalized spacial score (nSPS) is 16.6. The lowest BCUT2D eigenvalue weighted by Gasteiger charge is -2.19. The van der Waals surface area contributed by atoms with Crippen LogP contribution in [0.5, 0.6) is 0 Å². The lowest BCUT2D eigenvalue weighted by molar-refractivity contribution is 0.174. The smallest absolute Gasteiger partial charge is 0.216 e. The fraction of sp³-hybridized carbons (Fsp3) is 0.120. The Labute approximate surface area is 233 Å². The summed E-state index contributed by atoms with van der Waals surface area (Å²) < 4.78 is 2.64. The van der Waals surface area contributed by atoms with E-state index in [4.69, 9.17) is 85.9 Å². The van der Waals surface area contributed by atoms with Gasteiger partial charge in [0.1, 0.15) is 5.16 Å². The van der Waals surface area contributed by atoms with Crippen LogP contribution in [0.3, 0.4) is 0 Å². The van der Waals surface area contributed by atoms with Gasteiger partial charge in [0, 0.05) is 22.3 Å². The van der Waals surface area contributed by atoms with E-state index in [0.29, 0.717) is 22.4 Å². The molecule has 1 aliphatic heterocycles. The summed E-state index contributed by atoms with van der Waals surface area (Å²) in [5, 5.41) is 3.41. The van der Waals surface area contributed by atoms with E-state index in [1.165, 1.54) is 6.07 Å². The van der Waals surface area contributed by atoms with Crippen molar-refractivity contribution in [3.8, 4) is 0 Å². The third-order valence-electron chi connectivity index (χ3n) is 5.05. The van der Waals surface area contributed by atoms with Gasteiger partial charge in [-0.3, -0.25) is 0 Å². The molecule has 1 heterocycles. The number of alkyl halides is 6. The Morgan fingerprint density at radius 3 is 1.76 bits per heavy atom. The fourth-order valence-corrected chi connectivity index (χ4v) is 4.26. The van der Waals surface area contributed by atoms with Crippen LogP contribution in [-0.4, -0.2) is 0 Å². The molecule has 1 N–H and O–H groups in total. The van der Waals surface area contributed by atoms with Crippen molar-refractivity contribution >= 4 is 99.1 Å². The van der Waals surface area contributed by atoms with Gasteiger partial charge in [0.2, 0.25) is 7.59 Å². The van der Waals surface area contributed by atoms with E-state index in [-0.39, 0.29) is 5.16 Å². The topological polar surface area (TPSA) is 21.3 Å². The highest BCUT2D eigenvalue weighted by Crippen LogP contribution is 2.46. The summed E-state index contributed by atoms with van der Waals surface area (Å²) in [5.74, 6) is 0.353. The van der Waals surface area contributed by atoms with Gasteiger partial charge in [-0.15, -0.1) is 0 Å². The SMILES string of the molecule is ClC1=C(c2cc(C(Cl)(Cl)Cl)cc(C(Cl)(Cl)Cl)c2)OC(c2ccc(C=Cc3ccccc3)cc2)N1. The zero-order valence-electron chi connectivity index (χ0n) is 17.2. The van der Waals surface area contributed by atoms with Gasteiger partial charge in [0.15, 0.2) is 12.0 Å². The molecule has 0 aliphatic carbocycles. The molecular weight excluding hydrogens is 578 g/mol. The number of hydrogen-bond acceptors (Lipinski definition) is 2. The zero-order chi connectivity index (χ0) is 24.5. The molecule has 176 valence electrons. The van der Waals surface area contributed by atoms with Crippen LogP contribution in [0, 0.1) is 0 Å². The quantitative estimate of drug-likeness (QED) is 0.185. The van der Waals surface area contributed by atoms with Crippen molar-refractivity contribution in [2.45, 2.75) is 13.8 Å². The van der Waals surface area contributed by atoms with Crippen LogP contribution >= 0.6 is 81.2 Å². The van der Waals surface area contributed by atoms with Gasteiger partial charge < -0.3 is 10.1 Å². The van der Waals surface area contributed by atoms with Gasteiger partial charge in [0.05, 0.1) is 0 Å². The van der Waals surface area contributed by atoms with E-state index in [2.05, 4.69) is 11.4 Å². The fourth-order valence-electron chi connectivity index (χ4n) is 3.35.